The summed E-state index contributed by atoms with van der Waals surface area (Å²) < 4.78 is 0. The number of carboxylic acid groups (broad SMARTS) is 3. The van der Waals surface area contributed by atoms with E-state index in [4.69, 9.17) is 0 Å². The van der Waals surface area contributed by atoms with Gasteiger partial charge in [-0.25, -0.2) is 0 Å². The number of hydrogen-bond donors (Lipinski definition) is 0. The Morgan fingerprint density at radius 2 is 0.765 bits per heavy atom. The van der Waals surface area contributed by atoms with E-state index in [1.807, 2.05) is 0 Å². The number of hydrogen-bond acceptors (Lipinski definition) is 6. The van der Waals surface area contributed by atoms with Crippen LogP contribution in [0.25, 0.3) is 0 Å². The Kier molecular flexibility index (Phi) is 13.4. The van der Waals surface area contributed by atoms with Crippen LogP contribution in [0.15, 0.2) is 0 Å². The van der Waals surface area contributed by atoms with Gasteiger partial charge in [-0.1, -0.05) is 80.1 Å². The van der Waals surface area contributed by atoms with E-state index in [1.54, 1.807) is 20.8 Å². The summed E-state index contributed by atoms with van der Waals surface area (Å²) in [6.07, 6.45) is 11.3. The molecule has 3 aliphatic rings. The van der Waals surface area contributed by atoms with Gasteiger partial charge in [0.2, 0.25) is 0 Å². The van der Waals surface area contributed by atoms with Gasteiger partial charge in [0, 0.05) is 34.2 Å². The van der Waals surface area contributed by atoms with E-state index in [-0.39, 0.29) is 17.4 Å². The Labute approximate surface area is 217 Å². The maximum absolute atomic E-state index is 10.7. The topological polar surface area (TPSA) is 120 Å². The predicted molar refractivity (Wildman–Crippen MR) is 128 cm³/mol. The first kappa shape index (κ1) is 32.9. The molecule has 0 heterocycles. The normalized spacial score (nSPS) is 37.4. The average molecular weight is 493 g/mol. The van der Waals surface area contributed by atoms with Gasteiger partial charge in [0.15, 0.2) is 0 Å². The maximum atomic E-state index is 10.7. The van der Waals surface area contributed by atoms with Crippen LogP contribution < -0.4 is 15.3 Å². The Morgan fingerprint density at radius 1 is 0.559 bits per heavy atom. The largest absolute Gasteiger partial charge is 3.00 e. The molecule has 6 unspecified atom stereocenters. The molecule has 0 aromatic heterocycles. The molecule has 0 N–H and O–H groups in total. The maximum Gasteiger partial charge on any atom is 3.00 e. The Bertz CT molecular complexity index is 592. The number of rotatable bonds is 3. The monoisotopic (exact) mass is 492 g/mol. The smallest absolute Gasteiger partial charge is 0.550 e. The van der Waals surface area contributed by atoms with Crippen LogP contribution in [0.1, 0.15) is 119 Å². The van der Waals surface area contributed by atoms with Crippen molar-refractivity contribution in [3.8, 4) is 0 Å². The first-order chi connectivity index (χ1) is 15.1. The van der Waals surface area contributed by atoms with Gasteiger partial charge in [-0.05, 0) is 56.3 Å². The minimum atomic E-state index is -0.871. The van der Waals surface area contributed by atoms with Crippen molar-refractivity contribution in [2.45, 2.75) is 119 Å². The van der Waals surface area contributed by atoms with Crippen LogP contribution in [-0.4, -0.2) is 35.3 Å². The zero-order chi connectivity index (χ0) is 25.4. The predicted octanol–water partition coefficient (Wildman–Crippen LogP) is 2.48. The molecule has 3 aliphatic carbocycles. The van der Waals surface area contributed by atoms with Crippen LogP contribution in [-0.2, 0) is 14.4 Å². The second kappa shape index (κ2) is 13.9. The molecule has 0 aliphatic heterocycles. The van der Waals surface area contributed by atoms with Gasteiger partial charge in [-0.2, -0.15) is 0 Å². The fourth-order valence-electron chi connectivity index (χ4n) is 6.00. The van der Waals surface area contributed by atoms with Crippen LogP contribution >= 0.6 is 0 Å². The molecule has 192 valence electrons. The summed E-state index contributed by atoms with van der Waals surface area (Å²) in [4.78, 5) is 32.1. The van der Waals surface area contributed by atoms with Crippen molar-refractivity contribution in [3.63, 3.8) is 0 Å². The second-order valence-corrected chi connectivity index (χ2v) is 12.1. The molecule has 6 atom stereocenters. The molecule has 3 rings (SSSR count). The van der Waals surface area contributed by atoms with Gasteiger partial charge in [-0.15, -0.1) is 0 Å². The third-order valence-corrected chi connectivity index (χ3v) is 8.15. The van der Waals surface area contributed by atoms with Gasteiger partial charge in [0.1, 0.15) is 0 Å². The summed E-state index contributed by atoms with van der Waals surface area (Å²) in [7, 11) is 0. The molecule has 3 saturated carbocycles. The number of aliphatic carboxylic acids is 3. The van der Waals surface area contributed by atoms with Crippen LogP contribution in [0, 0.1) is 34.0 Å². The molecule has 7 heteroatoms. The van der Waals surface area contributed by atoms with Gasteiger partial charge in [-0.3, -0.25) is 0 Å². The summed E-state index contributed by atoms with van der Waals surface area (Å²) in [5.41, 5.74) is -1.63. The van der Waals surface area contributed by atoms with Crippen molar-refractivity contribution < 1.29 is 29.7 Å². The van der Waals surface area contributed by atoms with E-state index < -0.39 is 34.2 Å². The molecule has 0 amide bonds. The van der Waals surface area contributed by atoms with Crippen molar-refractivity contribution in [1.82, 2.24) is 0 Å². The molecule has 0 saturated heterocycles. The van der Waals surface area contributed by atoms with Crippen molar-refractivity contribution in [2.75, 3.05) is 0 Å². The quantitative estimate of drug-likeness (QED) is 0.558. The van der Waals surface area contributed by atoms with E-state index in [1.165, 1.54) is 19.3 Å². The summed E-state index contributed by atoms with van der Waals surface area (Å²) in [6, 6.07) is 0. The molecule has 34 heavy (non-hydrogen) atoms. The third-order valence-electron chi connectivity index (χ3n) is 8.15. The Morgan fingerprint density at radius 3 is 0.882 bits per heavy atom. The van der Waals surface area contributed by atoms with Crippen LogP contribution in [0.3, 0.4) is 0 Å². The molecule has 3 fully saturated rings. The number of carbonyl (C=O) groups is 3. The van der Waals surface area contributed by atoms with Gasteiger partial charge >= 0.3 is 17.4 Å². The van der Waals surface area contributed by atoms with Gasteiger partial charge in [0.05, 0.1) is 0 Å². The SMILES string of the molecule is CC1CCCC(C)(C(=O)[O-])C1.CC1CCCC(C)(C(=O)[O-])C1.CC1CCCC(C)(C(=O)[O-])C1.[Al+3]. The van der Waals surface area contributed by atoms with Crippen LogP contribution in [0.5, 0.6) is 0 Å². The second-order valence-electron chi connectivity index (χ2n) is 12.1. The minimum Gasteiger partial charge on any atom is -0.550 e. The summed E-state index contributed by atoms with van der Waals surface area (Å²) >= 11 is 0. The van der Waals surface area contributed by atoms with Crippen LogP contribution in [0.4, 0.5) is 0 Å². The zero-order valence-electron chi connectivity index (χ0n) is 22.2. The van der Waals surface area contributed by atoms with E-state index in [9.17, 15) is 29.7 Å². The molecular formula is C27H45AlO6. The first-order valence-corrected chi connectivity index (χ1v) is 12.8. The van der Waals surface area contributed by atoms with Crippen molar-refractivity contribution in [2.24, 2.45) is 34.0 Å². The van der Waals surface area contributed by atoms with E-state index in [0.717, 1.165) is 57.8 Å². The van der Waals surface area contributed by atoms with E-state index in [2.05, 4.69) is 20.8 Å². The van der Waals surface area contributed by atoms with Gasteiger partial charge < -0.3 is 29.7 Å². The van der Waals surface area contributed by atoms with E-state index in [0.29, 0.717) is 17.8 Å². The molecule has 0 radical (unpaired) electrons. The number of carbonyl (C=O) groups excluding carboxylic acids is 3. The molecule has 0 aromatic carbocycles. The standard InChI is InChI=1S/3C9H16O2.Al/c3*1-7-4-3-5-9(2,6-7)8(10)11;/h3*7H,3-6H2,1-2H3,(H,10,11);/q;;;+3/p-3. The average Bonchev–Trinajstić information content (AvgIpc) is 2.68. The molecular weight excluding hydrogens is 447 g/mol. The molecule has 0 bridgehead atoms. The first-order valence-electron chi connectivity index (χ1n) is 12.8. The Balaban J connectivity index is 0.000000473. The van der Waals surface area contributed by atoms with Crippen LogP contribution in [0.2, 0.25) is 0 Å². The fraction of sp³-hybridized carbons (Fsp3) is 0.889. The fourth-order valence-corrected chi connectivity index (χ4v) is 6.00. The third kappa shape index (κ3) is 9.90. The van der Waals surface area contributed by atoms with Crippen molar-refractivity contribution in [1.29, 1.82) is 0 Å². The van der Waals surface area contributed by atoms with E-state index >= 15 is 0 Å². The molecule has 0 aromatic rings. The van der Waals surface area contributed by atoms with Gasteiger partial charge in [0.25, 0.3) is 0 Å². The molecule has 0 spiro atoms. The summed E-state index contributed by atoms with van der Waals surface area (Å²) in [5.74, 6) is -0.970. The number of carboxylic acids is 3. The Hall–Kier alpha value is -1.06. The molecule has 6 nitrogen and oxygen atoms in total. The summed E-state index contributed by atoms with van der Waals surface area (Å²) in [6.45, 7) is 11.7. The summed E-state index contributed by atoms with van der Waals surface area (Å²) in [5, 5.41) is 32.1. The van der Waals surface area contributed by atoms with Crippen molar-refractivity contribution in [3.05, 3.63) is 0 Å². The van der Waals surface area contributed by atoms with Crippen molar-refractivity contribution >= 4 is 35.3 Å². The minimum absolute atomic E-state index is 0. The zero-order valence-corrected chi connectivity index (χ0v) is 23.4.